The Labute approximate surface area is 217 Å². The van der Waals surface area contributed by atoms with Crippen LogP contribution in [0.5, 0.6) is 0 Å². The Morgan fingerprint density at radius 3 is 1.61 bits per heavy atom. The van der Waals surface area contributed by atoms with E-state index in [2.05, 4.69) is 4.98 Å². The van der Waals surface area contributed by atoms with Crippen molar-refractivity contribution in [3.63, 3.8) is 0 Å². The second-order valence-corrected chi connectivity index (χ2v) is 12.1. The van der Waals surface area contributed by atoms with E-state index >= 15 is 0 Å². The number of rotatable bonds is 5. The molecule has 0 bridgehead atoms. The van der Waals surface area contributed by atoms with E-state index in [1.165, 1.54) is 73.8 Å². The van der Waals surface area contributed by atoms with Gasteiger partial charge in [-0.15, -0.1) is 0 Å². The van der Waals surface area contributed by atoms with Gasteiger partial charge in [-0.3, -0.25) is 19.2 Å². The molecule has 0 saturated carbocycles. The molecular formula is C24H18N4O8S2. The lowest BCUT2D eigenvalue weighted by molar-refractivity contribution is -0.126. The van der Waals surface area contributed by atoms with Crippen molar-refractivity contribution in [1.29, 1.82) is 0 Å². The summed E-state index contributed by atoms with van der Waals surface area (Å²) < 4.78 is 52.5. The highest BCUT2D eigenvalue weighted by Gasteiger charge is 2.45. The summed E-state index contributed by atoms with van der Waals surface area (Å²) in [6, 6.07) is 13.9. The number of anilines is 1. The fraction of sp³-hybridized carbons (Fsp3) is 0.125. The van der Waals surface area contributed by atoms with E-state index in [9.17, 15) is 36.0 Å². The highest BCUT2D eigenvalue weighted by Crippen LogP contribution is 2.32. The van der Waals surface area contributed by atoms with Gasteiger partial charge >= 0.3 is 0 Å². The molecule has 0 N–H and O–H groups in total. The molecule has 38 heavy (non-hydrogen) atoms. The maximum absolute atomic E-state index is 13.5. The number of pyridine rings is 1. The summed E-state index contributed by atoms with van der Waals surface area (Å²) in [6.45, 7) is -0.589. The summed E-state index contributed by atoms with van der Waals surface area (Å²) in [5.74, 6) is -4.43. The molecule has 0 aliphatic carbocycles. The number of hydrogen-bond donors (Lipinski definition) is 0. The van der Waals surface area contributed by atoms with Gasteiger partial charge in [0.1, 0.15) is 28.7 Å². The molecule has 2 aromatic carbocycles. The van der Waals surface area contributed by atoms with Crippen molar-refractivity contribution >= 4 is 49.5 Å². The zero-order valence-corrected chi connectivity index (χ0v) is 21.3. The standard InChI is InChI=1S/C24H18N4O8S2/c1-15-7-6-12-25-22(15)28(20(29)13-26-23(31)16-8-2-4-10-18(16)37(26,33)34)21(30)14-27-24(32)17-9-3-5-11-19(17)38(27,35)36/h2-12H,13-14H2,1H3. The van der Waals surface area contributed by atoms with Crippen molar-refractivity contribution in [2.24, 2.45) is 0 Å². The van der Waals surface area contributed by atoms with Crippen molar-refractivity contribution in [3.8, 4) is 0 Å². The van der Waals surface area contributed by atoms with E-state index in [4.69, 9.17) is 0 Å². The summed E-state index contributed by atoms with van der Waals surface area (Å²) in [7, 11) is -8.77. The topological polar surface area (TPSA) is 159 Å². The molecule has 2 aliphatic rings. The van der Waals surface area contributed by atoms with Crippen LogP contribution in [0.4, 0.5) is 5.82 Å². The molecule has 3 heterocycles. The van der Waals surface area contributed by atoms with Crippen molar-refractivity contribution in [3.05, 3.63) is 83.6 Å². The highest BCUT2D eigenvalue weighted by molar-refractivity contribution is 7.90. The molecule has 3 aromatic rings. The fourth-order valence-corrected chi connectivity index (χ4v) is 7.28. The molecule has 0 unspecified atom stereocenters. The Morgan fingerprint density at radius 2 is 1.18 bits per heavy atom. The molecule has 1 aromatic heterocycles. The summed E-state index contributed by atoms with van der Waals surface area (Å²) in [4.78, 5) is 56.5. The lowest BCUT2D eigenvalue weighted by atomic mass is 10.2. The largest absolute Gasteiger partial charge is 0.272 e. The van der Waals surface area contributed by atoms with Crippen LogP contribution in [0.3, 0.4) is 0 Å². The summed E-state index contributed by atoms with van der Waals surface area (Å²) >= 11 is 0. The number of imide groups is 1. The molecule has 2 aliphatic heterocycles. The third-order valence-electron chi connectivity index (χ3n) is 6.07. The van der Waals surface area contributed by atoms with Gasteiger partial charge < -0.3 is 0 Å². The van der Waals surface area contributed by atoms with Gasteiger partial charge in [0.05, 0.1) is 11.1 Å². The maximum atomic E-state index is 13.5. The number of hydrogen-bond acceptors (Lipinski definition) is 9. The second-order valence-electron chi connectivity index (χ2n) is 8.39. The van der Waals surface area contributed by atoms with Crippen LogP contribution in [0.25, 0.3) is 0 Å². The van der Waals surface area contributed by atoms with Crippen LogP contribution in [-0.4, -0.2) is 67.1 Å². The van der Waals surface area contributed by atoms with Crippen LogP contribution in [0.15, 0.2) is 76.7 Å². The number of nitrogens with zero attached hydrogens (tertiary/aromatic N) is 4. The number of carbonyl (C=O) groups excluding carboxylic acids is 4. The number of sulfonamides is 2. The Hall–Kier alpha value is -4.43. The van der Waals surface area contributed by atoms with Crippen LogP contribution in [-0.2, 0) is 29.6 Å². The lowest BCUT2D eigenvalue weighted by Gasteiger charge is -2.25. The smallest absolute Gasteiger partial charge is 0.269 e. The SMILES string of the molecule is Cc1cccnc1N(C(=O)CN1C(=O)c2ccccc2S1(=O)=O)C(=O)CN1C(=O)c2ccccc2S1(=O)=O. The molecule has 0 radical (unpaired) electrons. The van der Waals surface area contributed by atoms with Gasteiger partial charge in [-0.05, 0) is 42.8 Å². The number of amides is 4. The van der Waals surface area contributed by atoms with E-state index < -0.39 is 56.8 Å². The molecule has 0 saturated heterocycles. The van der Waals surface area contributed by atoms with Crippen molar-refractivity contribution in [1.82, 2.24) is 13.6 Å². The number of benzene rings is 2. The molecular weight excluding hydrogens is 536 g/mol. The minimum absolute atomic E-state index is 0.126. The number of aromatic nitrogens is 1. The third kappa shape index (κ3) is 3.76. The van der Waals surface area contributed by atoms with Gasteiger partial charge in [0.15, 0.2) is 0 Å². The average molecular weight is 555 g/mol. The van der Waals surface area contributed by atoms with Gasteiger partial charge in [0, 0.05) is 6.20 Å². The van der Waals surface area contributed by atoms with Gasteiger partial charge in [0.2, 0.25) is 0 Å². The Kier molecular flexibility index (Phi) is 5.87. The van der Waals surface area contributed by atoms with Crippen LogP contribution < -0.4 is 4.90 Å². The molecule has 194 valence electrons. The lowest BCUT2D eigenvalue weighted by Crippen LogP contribution is -2.50. The summed E-state index contributed by atoms with van der Waals surface area (Å²) in [6.07, 6.45) is 1.27. The summed E-state index contributed by atoms with van der Waals surface area (Å²) in [5.41, 5.74) is 0.0735. The first-order valence-electron chi connectivity index (χ1n) is 11.1. The Balaban J connectivity index is 1.49. The number of aryl methyl sites for hydroxylation is 1. The van der Waals surface area contributed by atoms with E-state index in [0.29, 0.717) is 19.1 Å². The van der Waals surface area contributed by atoms with Gasteiger partial charge in [-0.2, -0.15) is 0 Å². The van der Waals surface area contributed by atoms with Gasteiger partial charge in [0.25, 0.3) is 43.7 Å². The first-order valence-corrected chi connectivity index (χ1v) is 13.9. The quantitative estimate of drug-likeness (QED) is 0.447. The van der Waals surface area contributed by atoms with E-state index in [1.807, 2.05) is 0 Å². The molecule has 12 nitrogen and oxygen atoms in total. The zero-order valence-electron chi connectivity index (χ0n) is 19.6. The van der Waals surface area contributed by atoms with E-state index in [-0.39, 0.29) is 26.7 Å². The molecule has 0 atom stereocenters. The predicted octanol–water partition coefficient (Wildman–Crippen LogP) is 0.939. The normalized spacial score (nSPS) is 16.8. The predicted molar refractivity (Wildman–Crippen MR) is 131 cm³/mol. The highest BCUT2D eigenvalue weighted by atomic mass is 32.2. The monoisotopic (exact) mass is 554 g/mol. The average Bonchev–Trinajstić information content (AvgIpc) is 3.20. The molecule has 4 amide bonds. The summed E-state index contributed by atoms with van der Waals surface area (Å²) in [5, 5.41) is 0. The fourth-order valence-electron chi connectivity index (χ4n) is 4.25. The van der Waals surface area contributed by atoms with Crippen LogP contribution in [0.1, 0.15) is 26.3 Å². The molecule has 0 fully saturated rings. The molecule has 14 heteroatoms. The van der Waals surface area contributed by atoms with Crippen LogP contribution in [0.2, 0.25) is 0 Å². The minimum Gasteiger partial charge on any atom is -0.272 e. The number of carbonyl (C=O) groups is 4. The van der Waals surface area contributed by atoms with Crippen molar-refractivity contribution in [2.45, 2.75) is 16.7 Å². The first-order chi connectivity index (χ1) is 18.0. The van der Waals surface area contributed by atoms with E-state index in [1.54, 1.807) is 0 Å². The van der Waals surface area contributed by atoms with Crippen molar-refractivity contribution in [2.75, 3.05) is 18.0 Å². The zero-order chi connectivity index (χ0) is 27.4. The second kappa shape index (κ2) is 8.85. The van der Waals surface area contributed by atoms with Crippen LogP contribution >= 0.6 is 0 Å². The Morgan fingerprint density at radius 1 is 0.737 bits per heavy atom. The minimum atomic E-state index is -4.38. The Bertz CT molecular complexity index is 1660. The molecule has 5 rings (SSSR count). The van der Waals surface area contributed by atoms with E-state index in [0.717, 1.165) is 0 Å². The maximum Gasteiger partial charge on any atom is 0.269 e. The first kappa shape index (κ1) is 25.2. The van der Waals surface area contributed by atoms with Crippen LogP contribution in [0, 0.1) is 6.92 Å². The van der Waals surface area contributed by atoms with Gasteiger partial charge in [-0.1, -0.05) is 30.3 Å². The van der Waals surface area contributed by atoms with Crippen molar-refractivity contribution < 1.29 is 36.0 Å². The molecule has 0 spiro atoms. The van der Waals surface area contributed by atoms with Gasteiger partial charge in [-0.25, -0.2) is 35.3 Å². The third-order valence-corrected chi connectivity index (χ3v) is 9.65. The number of fused-ring (bicyclic) bond motifs is 2.